The zero-order chi connectivity index (χ0) is 23.4. The molecule has 1 aliphatic heterocycles. The normalized spacial score (nSPS) is 15.0. The fourth-order valence-electron chi connectivity index (χ4n) is 3.80. The van der Waals surface area contributed by atoms with E-state index in [1.807, 2.05) is 72.4 Å². The van der Waals surface area contributed by atoms with Crippen molar-refractivity contribution in [2.24, 2.45) is 0 Å². The molecular weight excluding hydrogens is 450 g/mol. The Morgan fingerprint density at radius 1 is 1.15 bits per heavy atom. The van der Waals surface area contributed by atoms with Crippen LogP contribution in [0.4, 0.5) is 0 Å². The van der Waals surface area contributed by atoms with Gasteiger partial charge in [-0.25, -0.2) is 4.68 Å². The monoisotopic (exact) mass is 477 g/mol. The largest absolute Gasteiger partial charge is 0.497 e. The van der Waals surface area contributed by atoms with Crippen LogP contribution in [0.2, 0.25) is 0 Å². The third-order valence-corrected chi connectivity index (χ3v) is 6.98. The Balaban J connectivity index is 1.75. The lowest BCUT2D eigenvalue weighted by Crippen LogP contribution is -2.28. The molecule has 0 aliphatic carbocycles. The number of ether oxygens (including phenoxy) is 1. The number of thioether (sulfide) groups is 1. The van der Waals surface area contributed by atoms with Gasteiger partial charge >= 0.3 is 0 Å². The van der Waals surface area contributed by atoms with Crippen molar-refractivity contribution in [2.45, 2.75) is 33.1 Å². The predicted octanol–water partition coefficient (Wildman–Crippen LogP) is 6.25. The standard InChI is InChI=1S/C26H27N3O2S2/c1-4-5-9-14-28-25(30)23(33-26(28)32)16-19-17-29(20-10-7-6-8-11-20)27-24(19)22-13-12-21(31-3)15-18(22)2/h6-8,10-13,15-17H,4-5,9,14H2,1-3H3. The molecule has 5 nitrogen and oxygen atoms in total. The molecule has 3 aromatic rings. The number of aromatic nitrogens is 2. The Kier molecular flexibility index (Phi) is 7.30. The van der Waals surface area contributed by atoms with E-state index in [1.54, 1.807) is 12.0 Å². The number of hydrogen-bond donors (Lipinski definition) is 0. The molecule has 1 aromatic heterocycles. The molecule has 1 saturated heterocycles. The first-order valence-electron chi connectivity index (χ1n) is 11.1. The van der Waals surface area contributed by atoms with Crippen molar-refractivity contribution in [1.29, 1.82) is 0 Å². The highest BCUT2D eigenvalue weighted by Gasteiger charge is 2.32. The summed E-state index contributed by atoms with van der Waals surface area (Å²) in [5.41, 5.74) is 4.69. The van der Waals surface area contributed by atoms with Crippen LogP contribution < -0.4 is 4.74 Å². The average Bonchev–Trinajstić information content (AvgIpc) is 3.36. The Bertz CT molecular complexity index is 1200. The van der Waals surface area contributed by atoms with Gasteiger partial charge in [-0.05, 0) is 55.3 Å². The number of hydrogen-bond acceptors (Lipinski definition) is 5. The van der Waals surface area contributed by atoms with Gasteiger partial charge in [-0.1, -0.05) is 61.9 Å². The van der Waals surface area contributed by atoms with Crippen LogP contribution in [-0.4, -0.2) is 38.6 Å². The van der Waals surface area contributed by atoms with Gasteiger partial charge in [0.25, 0.3) is 5.91 Å². The van der Waals surface area contributed by atoms with E-state index >= 15 is 0 Å². The predicted molar refractivity (Wildman–Crippen MR) is 140 cm³/mol. The van der Waals surface area contributed by atoms with Crippen LogP contribution in [-0.2, 0) is 4.79 Å². The maximum absolute atomic E-state index is 13.1. The fourth-order valence-corrected chi connectivity index (χ4v) is 5.10. The second-order valence-electron chi connectivity index (χ2n) is 7.93. The lowest BCUT2D eigenvalue weighted by atomic mass is 10.0. The summed E-state index contributed by atoms with van der Waals surface area (Å²) in [5, 5.41) is 4.90. The zero-order valence-corrected chi connectivity index (χ0v) is 20.7. The second kappa shape index (κ2) is 10.4. The van der Waals surface area contributed by atoms with Crippen molar-refractivity contribution < 1.29 is 9.53 Å². The van der Waals surface area contributed by atoms with E-state index in [2.05, 4.69) is 6.92 Å². The fraction of sp³-hybridized carbons (Fsp3) is 0.269. The maximum Gasteiger partial charge on any atom is 0.266 e. The number of amides is 1. The third kappa shape index (κ3) is 5.04. The first-order chi connectivity index (χ1) is 16.0. The highest BCUT2D eigenvalue weighted by atomic mass is 32.2. The lowest BCUT2D eigenvalue weighted by molar-refractivity contribution is -0.122. The van der Waals surface area contributed by atoms with Crippen LogP contribution in [0, 0.1) is 6.92 Å². The summed E-state index contributed by atoms with van der Waals surface area (Å²) in [6.45, 7) is 4.86. The molecule has 7 heteroatoms. The summed E-state index contributed by atoms with van der Waals surface area (Å²) in [6.07, 6.45) is 7.04. The van der Waals surface area contributed by atoms with Gasteiger partial charge in [0.05, 0.1) is 17.7 Å². The summed E-state index contributed by atoms with van der Waals surface area (Å²) in [6, 6.07) is 15.9. The molecule has 2 aromatic carbocycles. The number of thiocarbonyl (C=S) groups is 1. The van der Waals surface area contributed by atoms with E-state index in [-0.39, 0.29) is 5.91 Å². The van der Waals surface area contributed by atoms with Crippen LogP contribution in [0.5, 0.6) is 5.75 Å². The number of unbranched alkanes of at least 4 members (excludes halogenated alkanes) is 2. The SMILES string of the molecule is CCCCCN1C(=O)C(=Cc2cn(-c3ccccc3)nc2-c2ccc(OC)cc2C)SC1=S. The van der Waals surface area contributed by atoms with Gasteiger partial charge in [0, 0.05) is 23.9 Å². The van der Waals surface area contributed by atoms with Crippen LogP contribution >= 0.6 is 24.0 Å². The van der Waals surface area contributed by atoms with Gasteiger partial charge in [0.15, 0.2) is 0 Å². The minimum Gasteiger partial charge on any atom is -0.497 e. The van der Waals surface area contributed by atoms with Crippen LogP contribution in [0.3, 0.4) is 0 Å². The Morgan fingerprint density at radius 2 is 1.94 bits per heavy atom. The number of rotatable bonds is 8. The van der Waals surface area contributed by atoms with Gasteiger partial charge in [0.2, 0.25) is 0 Å². The van der Waals surface area contributed by atoms with E-state index in [0.29, 0.717) is 15.8 Å². The van der Waals surface area contributed by atoms with Crippen molar-refractivity contribution in [1.82, 2.24) is 14.7 Å². The summed E-state index contributed by atoms with van der Waals surface area (Å²) in [7, 11) is 1.66. The summed E-state index contributed by atoms with van der Waals surface area (Å²) in [5.74, 6) is 0.777. The molecule has 170 valence electrons. The third-order valence-electron chi connectivity index (χ3n) is 5.60. The first-order valence-corrected chi connectivity index (χ1v) is 12.3. The number of methoxy groups -OCH3 is 1. The number of carbonyl (C=O) groups is 1. The Labute approximate surface area is 204 Å². The number of carbonyl (C=O) groups excluding carboxylic acids is 1. The van der Waals surface area contributed by atoms with Gasteiger partial charge in [0.1, 0.15) is 15.8 Å². The molecule has 0 radical (unpaired) electrons. The Hall–Kier alpha value is -2.90. The van der Waals surface area contributed by atoms with E-state index in [4.69, 9.17) is 22.1 Å². The highest BCUT2D eigenvalue weighted by Crippen LogP contribution is 2.36. The minimum absolute atomic E-state index is 0.0223. The molecule has 2 heterocycles. The van der Waals surface area contributed by atoms with E-state index in [9.17, 15) is 4.79 Å². The minimum atomic E-state index is -0.0223. The number of para-hydroxylation sites is 1. The van der Waals surface area contributed by atoms with Crippen molar-refractivity contribution >= 4 is 40.3 Å². The van der Waals surface area contributed by atoms with Gasteiger partial charge in [-0.2, -0.15) is 5.10 Å². The van der Waals surface area contributed by atoms with Gasteiger partial charge in [-0.3, -0.25) is 9.69 Å². The molecule has 4 rings (SSSR count). The molecule has 1 fully saturated rings. The van der Waals surface area contributed by atoms with Gasteiger partial charge < -0.3 is 4.74 Å². The molecule has 33 heavy (non-hydrogen) atoms. The smallest absolute Gasteiger partial charge is 0.266 e. The molecule has 1 amide bonds. The quantitative estimate of drug-likeness (QED) is 0.218. The maximum atomic E-state index is 13.1. The van der Waals surface area contributed by atoms with Crippen molar-refractivity contribution in [3.05, 3.63) is 70.8 Å². The molecule has 0 atom stereocenters. The van der Waals surface area contributed by atoms with Gasteiger partial charge in [-0.15, -0.1) is 0 Å². The summed E-state index contributed by atoms with van der Waals surface area (Å²) < 4.78 is 7.85. The Morgan fingerprint density at radius 3 is 2.64 bits per heavy atom. The van der Waals surface area contributed by atoms with Crippen molar-refractivity contribution in [2.75, 3.05) is 13.7 Å². The zero-order valence-electron chi connectivity index (χ0n) is 19.1. The second-order valence-corrected chi connectivity index (χ2v) is 9.61. The molecular formula is C26H27N3O2S2. The average molecular weight is 478 g/mol. The van der Waals surface area contributed by atoms with Crippen LogP contribution in [0.15, 0.2) is 59.6 Å². The molecule has 0 unspecified atom stereocenters. The number of nitrogens with zero attached hydrogens (tertiary/aromatic N) is 3. The summed E-state index contributed by atoms with van der Waals surface area (Å²) in [4.78, 5) is 15.5. The van der Waals surface area contributed by atoms with Crippen LogP contribution in [0.1, 0.15) is 37.3 Å². The number of benzene rings is 2. The molecule has 0 N–H and O–H groups in total. The van der Waals surface area contributed by atoms with E-state index in [1.165, 1.54) is 11.8 Å². The number of aryl methyl sites for hydroxylation is 1. The summed E-state index contributed by atoms with van der Waals surface area (Å²) >= 11 is 6.88. The molecule has 0 spiro atoms. The first kappa shape index (κ1) is 23.3. The van der Waals surface area contributed by atoms with Crippen molar-refractivity contribution in [3.63, 3.8) is 0 Å². The van der Waals surface area contributed by atoms with E-state index < -0.39 is 0 Å². The molecule has 0 saturated carbocycles. The van der Waals surface area contributed by atoms with E-state index in [0.717, 1.165) is 53.1 Å². The topological polar surface area (TPSA) is 47.4 Å². The van der Waals surface area contributed by atoms with Crippen molar-refractivity contribution in [3.8, 4) is 22.7 Å². The highest BCUT2D eigenvalue weighted by molar-refractivity contribution is 8.26. The molecule has 0 bridgehead atoms. The lowest BCUT2D eigenvalue weighted by Gasteiger charge is -2.13. The molecule has 1 aliphatic rings. The van der Waals surface area contributed by atoms with Crippen LogP contribution in [0.25, 0.3) is 23.0 Å².